The SMILES string of the molecule is Clc1ccc(SC2CCCN3CC(c4ccccc4)N=C23)cc1. The van der Waals surface area contributed by atoms with Crippen molar-refractivity contribution in [2.45, 2.75) is 29.0 Å². The van der Waals surface area contributed by atoms with Gasteiger partial charge in [0.25, 0.3) is 0 Å². The van der Waals surface area contributed by atoms with Gasteiger partial charge in [-0.3, -0.25) is 4.99 Å². The van der Waals surface area contributed by atoms with Gasteiger partial charge >= 0.3 is 0 Å². The summed E-state index contributed by atoms with van der Waals surface area (Å²) >= 11 is 7.91. The van der Waals surface area contributed by atoms with Gasteiger partial charge in [0.15, 0.2) is 0 Å². The minimum absolute atomic E-state index is 0.289. The Morgan fingerprint density at radius 1 is 1.04 bits per heavy atom. The number of benzene rings is 2. The number of hydrogen-bond acceptors (Lipinski definition) is 3. The van der Waals surface area contributed by atoms with Crippen LogP contribution in [0.5, 0.6) is 0 Å². The fourth-order valence-electron chi connectivity index (χ4n) is 3.32. The Bertz CT molecular complexity index is 699. The van der Waals surface area contributed by atoms with E-state index in [1.807, 2.05) is 23.9 Å². The summed E-state index contributed by atoms with van der Waals surface area (Å²) in [4.78, 5) is 8.82. The van der Waals surface area contributed by atoms with E-state index >= 15 is 0 Å². The van der Waals surface area contributed by atoms with Crippen LogP contribution in [0.1, 0.15) is 24.4 Å². The number of halogens is 1. The summed E-state index contributed by atoms with van der Waals surface area (Å²) in [5.74, 6) is 1.28. The fraction of sp³-hybridized carbons (Fsp3) is 0.316. The van der Waals surface area contributed by atoms with E-state index < -0.39 is 0 Å². The van der Waals surface area contributed by atoms with Gasteiger partial charge in [-0.05, 0) is 42.7 Å². The highest BCUT2D eigenvalue weighted by Crippen LogP contribution is 2.36. The standard InChI is InChI=1S/C19H19ClN2S/c20-15-8-10-16(11-9-15)23-18-7-4-12-22-13-17(21-19(18)22)14-5-2-1-3-6-14/h1-3,5-6,8-11,17-18H,4,7,12-13H2. The highest BCUT2D eigenvalue weighted by atomic mass is 35.5. The van der Waals surface area contributed by atoms with Crippen LogP contribution in [0, 0.1) is 0 Å². The molecular formula is C19H19ClN2S. The first kappa shape index (κ1) is 15.1. The van der Waals surface area contributed by atoms with Crippen molar-refractivity contribution in [1.29, 1.82) is 0 Å². The highest BCUT2D eigenvalue weighted by Gasteiger charge is 2.34. The first-order valence-corrected chi connectivity index (χ1v) is 9.35. The summed E-state index contributed by atoms with van der Waals surface area (Å²) in [5, 5.41) is 1.25. The Morgan fingerprint density at radius 3 is 2.61 bits per heavy atom. The van der Waals surface area contributed by atoms with Gasteiger partial charge in [-0.2, -0.15) is 0 Å². The number of thioether (sulfide) groups is 1. The summed E-state index contributed by atoms with van der Waals surface area (Å²) in [6.45, 7) is 2.16. The first-order chi connectivity index (χ1) is 11.3. The molecular weight excluding hydrogens is 324 g/mol. The predicted molar refractivity (Wildman–Crippen MR) is 98.5 cm³/mol. The average molecular weight is 343 g/mol. The molecule has 0 spiro atoms. The van der Waals surface area contributed by atoms with Crippen LogP contribution in [0.4, 0.5) is 0 Å². The predicted octanol–water partition coefficient (Wildman–Crippen LogP) is 5.05. The summed E-state index contributed by atoms with van der Waals surface area (Å²) in [7, 11) is 0. The molecule has 1 saturated heterocycles. The minimum atomic E-state index is 0.289. The number of nitrogens with zero attached hydrogens (tertiary/aromatic N) is 2. The van der Waals surface area contributed by atoms with Gasteiger partial charge < -0.3 is 4.90 Å². The lowest BCUT2D eigenvalue weighted by molar-refractivity contribution is 0.387. The topological polar surface area (TPSA) is 15.6 Å². The molecule has 2 nitrogen and oxygen atoms in total. The smallest absolute Gasteiger partial charge is 0.113 e. The van der Waals surface area contributed by atoms with Crippen molar-refractivity contribution in [1.82, 2.24) is 4.90 Å². The molecule has 0 bridgehead atoms. The van der Waals surface area contributed by atoms with Crippen molar-refractivity contribution in [3.8, 4) is 0 Å². The largest absolute Gasteiger partial charge is 0.357 e. The molecule has 2 aromatic carbocycles. The molecule has 4 rings (SSSR count). The average Bonchev–Trinajstić information content (AvgIpc) is 3.03. The highest BCUT2D eigenvalue weighted by molar-refractivity contribution is 8.00. The van der Waals surface area contributed by atoms with Gasteiger partial charge in [0, 0.05) is 23.0 Å². The van der Waals surface area contributed by atoms with Crippen LogP contribution in [0.15, 0.2) is 64.5 Å². The third-order valence-electron chi connectivity index (χ3n) is 4.46. The lowest BCUT2D eigenvalue weighted by Gasteiger charge is -2.31. The van der Waals surface area contributed by atoms with Crippen LogP contribution < -0.4 is 0 Å². The molecule has 0 radical (unpaired) electrons. The molecule has 118 valence electrons. The van der Waals surface area contributed by atoms with Gasteiger partial charge in [0.2, 0.25) is 0 Å². The molecule has 2 heterocycles. The third-order valence-corrected chi connectivity index (χ3v) is 5.99. The molecule has 23 heavy (non-hydrogen) atoms. The summed E-state index contributed by atoms with van der Waals surface area (Å²) in [6.07, 6.45) is 2.44. The van der Waals surface area contributed by atoms with E-state index in [0.717, 1.165) is 18.1 Å². The molecule has 0 aliphatic carbocycles. The lowest BCUT2D eigenvalue weighted by atomic mass is 10.1. The maximum Gasteiger partial charge on any atom is 0.113 e. The molecule has 0 amide bonds. The zero-order chi connectivity index (χ0) is 15.6. The number of aliphatic imine (C=N–C) groups is 1. The summed E-state index contributed by atoms with van der Waals surface area (Å²) < 4.78 is 0. The second-order valence-electron chi connectivity index (χ2n) is 6.06. The van der Waals surface area contributed by atoms with Gasteiger partial charge in [-0.25, -0.2) is 0 Å². The second kappa shape index (κ2) is 6.58. The minimum Gasteiger partial charge on any atom is -0.357 e. The van der Waals surface area contributed by atoms with Crippen molar-refractivity contribution < 1.29 is 0 Å². The quantitative estimate of drug-likeness (QED) is 0.775. The molecule has 0 N–H and O–H groups in total. The normalized spacial score (nSPS) is 23.5. The van der Waals surface area contributed by atoms with E-state index in [4.69, 9.17) is 16.6 Å². The fourth-order valence-corrected chi connectivity index (χ4v) is 4.67. The van der Waals surface area contributed by atoms with Crippen LogP contribution in [0.2, 0.25) is 5.02 Å². The molecule has 4 heteroatoms. The lowest BCUT2D eigenvalue weighted by Crippen LogP contribution is -2.40. The number of hydrogen-bond donors (Lipinski definition) is 0. The Balaban J connectivity index is 1.55. The van der Waals surface area contributed by atoms with Crippen molar-refractivity contribution in [2.24, 2.45) is 4.99 Å². The van der Waals surface area contributed by atoms with Crippen molar-refractivity contribution >= 4 is 29.2 Å². The number of amidine groups is 1. The number of fused-ring (bicyclic) bond motifs is 1. The van der Waals surface area contributed by atoms with Crippen LogP contribution in [-0.2, 0) is 0 Å². The number of piperidine rings is 1. The maximum absolute atomic E-state index is 5.99. The molecule has 2 atom stereocenters. The summed E-state index contributed by atoms with van der Waals surface area (Å²) in [6, 6.07) is 19.1. The third kappa shape index (κ3) is 3.26. The molecule has 2 aliphatic rings. The molecule has 2 aromatic rings. The van der Waals surface area contributed by atoms with Crippen molar-refractivity contribution in [2.75, 3.05) is 13.1 Å². The van der Waals surface area contributed by atoms with Crippen LogP contribution in [0.3, 0.4) is 0 Å². The zero-order valence-corrected chi connectivity index (χ0v) is 14.4. The first-order valence-electron chi connectivity index (χ1n) is 8.09. The van der Waals surface area contributed by atoms with E-state index in [9.17, 15) is 0 Å². The van der Waals surface area contributed by atoms with E-state index in [1.54, 1.807) is 0 Å². The summed E-state index contributed by atoms with van der Waals surface area (Å²) in [5.41, 5.74) is 1.32. The van der Waals surface area contributed by atoms with Crippen LogP contribution >= 0.6 is 23.4 Å². The van der Waals surface area contributed by atoms with E-state index in [2.05, 4.69) is 47.4 Å². The molecule has 2 aliphatic heterocycles. The maximum atomic E-state index is 5.99. The molecule has 1 fully saturated rings. The number of rotatable bonds is 3. The zero-order valence-electron chi connectivity index (χ0n) is 12.9. The van der Waals surface area contributed by atoms with Gasteiger partial charge in [0.1, 0.15) is 5.84 Å². The molecule has 0 aromatic heterocycles. The molecule has 0 saturated carbocycles. The van der Waals surface area contributed by atoms with Gasteiger partial charge in [-0.15, -0.1) is 11.8 Å². The Labute approximate surface area is 146 Å². The molecule has 2 unspecified atom stereocenters. The van der Waals surface area contributed by atoms with Gasteiger partial charge in [-0.1, -0.05) is 41.9 Å². The van der Waals surface area contributed by atoms with Crippen LogP contribution in [-0.4, -0.2) is 29.1 Å². The van der Waals surface area contributed by atoms with Gasteiger partial charge in [0.05, 0.1) is 11.3 Å². The van der Waals surface area contributed by atoms with E-state index in [-0.39, 0.29) is 6.04 Å². The van der Waals surface area contributed by atoms with Crippen LogP contribution in [0.25, 0.3) is 0 Å². The Morgan fingerprint density at radius 2 is 1.83 bits per heavy atom. The monoisotopic (exact) mass is 342 g/mol. The van der Waals surface area contributed by atoms with E-state index in [1.165, 1.54) is 29.1 Å². The van der Waals surface area contributed by atoms with Crippen molar-refractivity contribution in [3.05, 3.63) is 65.2 Å². The Kier molecular flexibility index (Phi) is 4.32. The Hall–Kier alpha value is -1.45. The van der Waals surface area contributed by atoms with E-state index in [0.29, 0.717) is 5.25 Å². The second-order valence-corrected chi connectivity index (χ2v) is 7.78. The van der Waals surface area contributed by atoms with Crippen molar-refractivity contribution in [3.63, 3.8) is 0 Å².